The van der Waals surface area contributed by atoms with Crippen molar-refractivity contribution in [3.63, 3.8) is 0 Å². The summed E-state index contributed by atoms with van der Waals surface area (Å²) in [7, 11) is 2.02. The van der Waals surface area contributed by atoms with E-state index < -0.39 is 0 Å². The molecule has 17 nitrogen and oxygen atoms in total. The third kappa shape index (κ3) is 43.9. The Hall–Kier alpha value is -3.58. The van der Waals surface area contributed by atoms with Gasteiger partial charge in [-0.25, -0.2) is 0 Å². The molecule has 8 N–H and O–H groups in total. The number of nitrogens with one attached hydrogen (secondary N) is 6. The number of carbonyl (C=O) groups is 8. The minimum Gasteiger partial charge on any atom is -0.386 e. The number of carbonyl (C=O) groups excluding carboxylic acids is 8. The van der Waals surface area contributed by atoms with Gasteiger partial charge in [-0.05, 0) is 172 Å². The molecule has 8 atom stereocenters. The van der Waals surface area contributed by atoms with Gasteiger partial charge >= 0.3 is 0 Å². The highest BCUT2D eigenvalue weighted by Gasteiger charge is 2.36. The van der Waals surface area contributed by atoms with E-state index in [-0.39, 0.29) is 166 Å². The van der Waals surface area contributed by atoms with Crippen LogP contribution in [0.4, 0.5) is 0 Å². The normalized spacial score (nSPS) is 18.7. The Morgan fingerprint density at radius 3 is 0.893 bits per heavy atom. The summed E-state index contributed by atoms with van der Waals surface area (Å²) >= 11 is 0. The van der Waals surface area contributed by atoms with Gasteiger partial charge in [0.1, 0.15) is 23.1 Å². The zero-order valence-corrected chi connectivity index (χ0v) is 71.2. The van der Waals surface area contributed by atoms with E-state index in [4.69, 9.17) is 5.73 Å². The molecule has 0 spiro atoms. The Kier molecular flexibility index (Phi) is 53.0. The molecule has 3 rings (SSSR count). The predicted molar refractivity (Wildman–Crippen MR) is 433 cm³/mol. The molecule has 3 aliphatic rings. The van der Waals surface area contributed by atoms with Crippen LogP contribution in [-0.4, -0.2) is 164 Å². The van der Waals surface area contributed by atoms with Gasteiger partial charge in [0.05, 0.1) is 30.0 Å². The highest BCUT2D eigenvalue weighted by Crippen LogP contribution is 2.35. The van der Waals surface area contributed by atoms with Crippen LogP contribution in [0.15, 0.2) is 12.4 Å². The lowest BCUT2D eigenvalue weighted by molar-refractivity contribution is -0.132. The largest absolute Gasteiger partial charge is 0.386 e. The van der Waals surface area contributed by atoms with Crippen LogP contribution in [0.3, 0.4) is 0 Å². The van der Waals surface area contributed by atoms with Crippen molar-refractivity contribution in [2.45, 2.75) is 349 Å². The van der Waals surface area contributed by atoms with E-state index in [1.165, 1.54) is 90.4 Å². The fourth-order valence-corrected chi connectivity index (χ4v) is 15.2. The van der Waals surface area contributed by atoms with E-state index in [0.717, 1.165) is 64.1 Å². The van der Waals surface area contributed by atoms with Crippen molar-refractivity contribution in [1.29, 1.82) is 0 Å². The van der Waals surface area contributed by atoms with Crippen LogP contribution in [-0.2, 0) is 38.4 Å². The van der Waals surface area contributed by atoms with Crippen molar-refractivity contribution in [2.75, 3.05) is 59.4 Å². The fraction of sp³-hybridized carbons (Fsp3) is 0.884. The molecular weight excluding hydrogens is 1290 g/mol. The first-order valence-electron chi connectivity index (χ1n) is 41.7. The van der Waals surface area contributed by atoms with E-state index >= 15 is 0 Å². The number of nitrogens with zero attached hydrogens (tertiary/aromatic N) is 2. The Bertz CT molecular complexity index is 2280. The average molecular weight is 1450 g/mol. The Morgan fingerprint density at radius 1 is 0.379 bits per heavy atom. The molecule has 3 fully saturated rings. The molecule has 0 aromatic carbocycles. The van der Waals surface area contributed by atoms with Gasteiger partial charge in [-0.2, -0.15) is 0 Å². The number of hydrogen-bond acceptors (Lipinski definition) is 17. The molecular formula is C86H165N9O8. The standard InChI is InChI=1S/C23H44N2O2.2C22H42N2O2.C19H37N3O2/c1-15(2)22(25-17(5)6)21(26)13-20(23(27)16(3)4)12-18-8-10-19(11-9-18)14-24-7;2*1-16(2)21(23-18(5)6)20(25)15-19(22(26)17(3)4)11-10-14-24-12-8-7-9-13-24;1-12(2)18(22-14(5)6)17(23)11-16(19(24)13(3)4)9-8-10-21-15(7)20/h15-20,22,24-25H,8-14H2,1-7H3;2*16-19,21,23H,7-15H2,1-6H3;12-14,16,18,21-22H,7-11,20H2,1-6H3. The maximum absolute atomic E-state index is 13.0. The first kappa shape index (κ1) is 99.4. The van der Waals surface area contributed by atoms with E-state index in [0.29, 0.717) is 50.4 Å². The minimum atomic E-state index is -0.222. The molecule has 0 radical (unpaired) electrons. The maximum atomic E-state index is 13.0. The van der Waals surface area contributed by atoms with Crippen LogP contribution in [0.1, 0.15) is 301 Å². The lowest BCUT2D eigenvalue weighted by atomic mass is 9.74. The van der Waals surface area contributed by atoms with Gasteiger partial charge in [0.2, 0.25) is 0 Å². The van der Waals surface area contributed by atoms with Gasteiger partial charge in [-0.15, -0.1) is 0 Å². The molecule has 2 saturated heterocycles. The number of piperidine rings is 2. The molecule has 1 aliphatic carbocycles. The van der Waals surface area contributed by atoms with Crippen molar-refractivity contribution in [1.82, 2.24) is 41.7 Å². The van der Waals surface area contributed by atoms with Crippen molar-refractivity contribution in [3.8, 4) is 0 Å². The fourth-order valence-electron chi connectivity index (χ4n) is 15.2. The molecule has 8 unspecified atom stereocenters. The third-order valence-electron chi connectivity index (χ3n) is 20.9. The summed E-state index contributed by atoms with van der Waals surface area (Å²) in [4.78, 5) is 107. The highest BCUT2D eigenvalue weighted by atomic mass is 16.2. The molecule has 602 valence electrons. The van der Waals surface area contributed by atoms with Crippen LogP contribution < -0.4 is 37.6 Å². The molecule has 2 heterocycles. The van der Waals surface area contributed by atoms with Crippen LogP contribution in [0, 0.1) is 82.9 Å². The first-order chi connectivity index (χ1) is 48.1. The van der Waals surface area contributed by atoms with Crippen LogP contribution in [0.2, 0.25) is 0 Å². The molecule has 0 aromatic rings. The van der Waals surface area contributed by atoms with Gasteiger partial charge in [0, 0.05) is 104 Å². The second kappa shape index (κ2) is 54.9. The number of Topliss-reactive ketones (excluding diaryl/α,β-unsaturated/α-hetero) is 8. The van der Waals surface area contributed by atoms with Crippen LogP contribution in [0.25, 0.3) is 0 Å². The summed E-state index contributed by atoms with van der Waals surface area (Å²) in [6.07, 6.45) is 20.3. The summed E-state index contributed by atoms with van der Waals surface area (Å²) in [6, 6.07) is 0.380. The minimum absolute atomic E-state index is 0.000937. The van der Waals surface area contributed by atoms with Crippen molar-refractivity contribution in [3.05, 3.63) is 12.4 Å². The van der Waals surface area contributed by atoms with E-state index in [1.807, 2.05) is 90.1 Å². The van der Waals surface area contributed by atoms with Crippen LogP contribution in [0.5, 0.6) is 0 Å². The highest BCUT2D eigenvalue weighted by molar-refractivity contribution is 5.93. The van der Waals surface area contributed by atoms with E-state index in [1.54, 1.807) is 0 Å². The number of likely N-dealkylation sites (tertiary alicyclic amines) is 2. The van der Waals surface area contributed by atoms with Gasteiger partial charge in [-0.3, -0.25) is 38.4 Å². The quantitative estimate of drug-likeness (QED) is 0.0280. The van der Waals surface area contributed by atoms with Crippen LogP contribution >= 0.6 is 0 Å². The second-order valence-corrected chi connectivity index (χ2v) is 35.2. The molecule has 103 heavy (non-hydrogen) atoms. The lowest BCUT2D eigenvalue weighted by Gasteiger charge is -2.32. The van der Waals surface area contributed by atoms with E-state index in [2.05, 4.69) is 131 Å². The third-order valence-corrected chi connectivity index (χ3v) is 20.9. The van der Waals surface area contributed by atoms with Crippen molar-refractivity contribution >= 4 is 46.3 Å². The maximum Gasteiger partial charge on any atom is 0.150 e. The average Bonchev–Trinajstić information content (AvgIpc) is 0.872. The summed E-state index contributed by atoms with van der Waals surface area (Å²) in [5.41, 5.74) is 5.48. The Balaban J connectivity index is 0.00000135. The topological polar surface area (TPSA) is 241 Å². The number of nitrogens with two attached hydrogens (primary N) is 1. The predicted octanol–water partition coefficient (Wildman–Crippen LogP) is 15.0. The summed E-state index contributed by atoms with van der Waals surface area (Å²) in [5.74, 6) is 3.77. The first-order valence-corrected chi connectivity index (χ1v) is 41.7. The molecule has 17 heteroatoms. The van der Waals surface area contributed by atoms with Crippen molar-refractivity contribution < 1.29 is 38.4 Å². The smallest absolute Gasteiger partial charge is 0.150 e. The summed E-state index contributed by atoms with van der Waals surface area (Å²) < 4.78 is 0. The van der Waals surface area contributed by atoms with Gasteiger partial charge < -0.3 is 47.4 Å². The zero-order valence-electron chi connectivity index (χ0n) is 71.2. The molecule has 2 aliphatic heterocycles. The molecule has 0 amide bonds. The SMILES string of the molecule is C=C(N)NCCCC(CC(=O)C(NC(C)C)C(C)C)C(=O)C(C)C.CC(C)NC(C(=O)CC(CCCN1CCCCC1)C(=O)C(C)C)C(C)C.CC(C)NC(C(=O)CC(CCCN1CCCCC1)C(=O)C(C)C)C(C)C.CNCC1CCC(CC(CC(=O)C(NC(C)C)C(C)C)C(=O)C(C)C)CC1. The molecule has 0 bridgehead atoms. The van der Waals surface area contributed by atoms with Gasteiger partial charge in [0.15, 0.2) is 23.1 Å². The summed E-state index contributed by atoms with van der Waals surface area (Å²) in [6.45, 7) is 60.8. The Labute approximate surface area is 633 Å². The second-order valence-electron chi connectivity index (χ2n) is 35.2. The van der Waals surface area contributed by atoms with Gasteiger partial charge in [-0.1, -0.05) is 198 Å². The number of ketones is 8. The monoisotopic (exact) mass is 1450 g/mol. The lowest BCUT2D eigenvalue weighted by Crippen LogP contribution is -2.45. The summed E-state index contributed by atoms with van der Waals surface area (Å²) in [5, 5.41) is 19.8. The number of rotatable bonds is 49. The zero-order chi connectivity index (χ0) is 78.8. The van der Waals surface area contributed by atoms with E-state index in [9.17, 15) is 38.4 Å². The molecule has 0 aromatic heterocycles. The Morgan fingerprint density at radius 2 is 0.641 bits per heavy atom. The number of hydrogen-bond donors (Lipinski definition) is 7. The molecule has 1 saturated carbocycles. The van der Waals surface area contributed by atoms with Crippen molar-refractivity contribution in [2.24, 2.45) is 88.6 Å². The van der Waals surface area contributed by atoms with Gasteiger partial charge in [0.25, 0.3) is 0 Å².